The zero-order valence-corrected chi connectivity index (χ0v) is 10.2. The van der Waals surface area contributed by atoms with Gasteiger partial charge in [-0.2, -0.15) is 18.2 Å². The molecule has 0 radical (unpaired) electrons. The fraction of sp³-hybridized carbons (Fsp3) is 0.273. The molecule has 1 amide bonds. The molecule has 6 nitrogen and oxygen atoms in total. The summed E-state index contributed by atoms with van der Waals surface area (Å²) in [6.07, 6.45) is -1.86. The maximum absolute atomic E-state index is 12.3. The number of carbonyl (C=O) groups excluding carboxylic acids is 1. The van der Waals surface area contributed by atoms with Crippen LogP contribution in [0.5, 0.6) is 0 Å². The number of aromatic nitrogens is 3. The van der Waals surface area contributed by atoms with Gasteiger partial charge in [0.25, 0.3) is 11.7 Å². The average Bonchev–Trinajstić information content (AvgIpc) is 2.89. The first-order chi connectivity index (χ1) is 9.38. The summed E-state index contributed by atoms with van der Waals surface area (Å²) in [6, 6.07) is 2.23. The molecule has 0 spiro atoms. The van der Waals surface area contributed by atoms with Crippen molar-refractivity contribution in [3.05, 3.63) is 41.8 Å². The van der Waals surface area contributed by atoms with Crippen molar-refractivity contribution in [2.24, 2.45) is 0 Å². The molecule has 0 bridgehead atoms. The maximum atomic E-state index is 12.3. The normalized spacial score (nSPS) is 13.0. The zero-order chi connectivity index (χ0) is 14.8. The molecule has 0 aliphatic carbocycles. The molecule has 0 unspecified atom stereocenters. The number of nitrogens with one attached hydrogen (secondary N) is 1. The van der Waals surface area contributed by atoms with Gasteiger partial charge in [0.15, 0.2) is 0 Å². The summed E-state index contributed by atoms with van der Waals surface area (Å²) in [4.78, 5) is 18.7. The Hall–Kier alpha value is -2.45. The highest BCUT2D eigenvalue weighted by atomic mass is 19.4. The van der Waals surface area contributed by atoms with Gasteiger partial charge in [-0.05, 0) is 19.1 Å². The van der Waals surface area contributed by atoms with Gasteiger partial charge in [0.1, 0.15) is 6.04 Å². The van der Waals surface area contributed by atoms with Gasteiger partial charge < -0.3 is 9.84 Å². The Kier molecular flexibility index (Phi) is 3.68. The minimum absolute atomic E-state index is 0.273. The smallest absolute Gasteiger partial charge is 0.340 e. The van der Waals surface area contributed by atoms with Gasteiger partial charge in [-0.15, -0.1) is 0 Å². The van der Waals surface area contributed by atoms with E-state index in [2.05, 4.69) is 25.0 Å². The Balaban J connectivity index is 2.07. The summed E-state index contributed by atoms with van der Waals surface area (Å²) in [5.41, 5.74) is 0.273. The van der Waals surface area contributed by atoms with E-state index in [0.717, 1.165) is 0 Å². The van der Waals surface area contributed by atoms with Crippen LogP contribution in [-0.2, 0) is 6.18 Å². The molecular weight excluding hydrogens is 277 g/mol. The van der Waals surface area contributed by atoms with Crippen LogP contribution in [0.3, 0.4) is 0 Å². The van der Waals surface area contributed by atoms with Gasteiger partial charge >= 0.3 is 6.18 Å². The van der Waals surface area contributed by atoms with E-state index in [0.29, 0.717) is 0 Å². The van der Waals surface area contributed by atoms with Crippen molar-refractivity contribution < 1.29 is 22.5 Å². The Labute approximate surface area is 111 Å². The highest BCUT2D eigenvalue weighted by Crippen LogP contribution is 2.27. The molecule has 2 heterocycles. The molecule has 106 valence electrons. The SMILES string of the molecule is C[C@H](NC(=O)c1cccnc1)c1nc(C(F)(F)F)no1. The number of hydrogen-bond acceptors (Lipinski definition) is 5. The summed E-state index contributed by atoms with van der Waals surface area (Å²) >= 11 is 0. The highest BCUT2D eigenvalue weighted by Gasteiger charge is 2.37. The van der Waals surface area contributed by atoms with Gasteiger partial charge in [0, 0.05) is 12.4 Å². The van der Waals surface area contributed by atoms with E-state index in [9.17, 15) is 18.0 Å². The summed E-state index contributed by atoms with van der Waals surface area (Å²) < 4.78 is 41.4. The number of amides is 1. The number of hydrogen-bond donors (Lipinski definition) is 1. The third-order valence-electron chi connectivity index (χ3n) is 2.34. The van der Waals surface area contributed by atoms with Crippen molar-refractivity contribution in [3.63, 3.8) is 0 Å². The third-order valence-corrected chi connectivity index (χ3v) is 2.34. The van der Waals surface area contributed by atoms with Crippen molar-refractivity contribution in [3.8, 4) is 0 Å². The van der Waals surface area contributed by atoms with Crippen molar-refractivity contribution in [2.45, 2.75) is 19.1 Å². The number of carbonyl (C=O) groups is 1. The van der Waals surface area contributed by atoms with E-state index in [1.54, 1.807) is 6.07 Å². The lowest BCUT2D eigenvalue weighted by molar-refractivity contribution is -0.146. The summed E-state index contributed by atoms with van der Waals surface area (Å²) in [5.74, 6) is -2.21. The summed E-state index contributed by atoms with van der Waals surface area (Å²) in [7, 11) is 0. The number of halogens is 3. The molecule has 0 saturated carbocycles. The lowest BCUT2D eigenvalue weighted by atomic mass is 10.2. The van der Waals surface area contributed by atoms with Crippen LogP contribution >= 0.6 is 0 Å². The maximum Gasteiger partial charge on any atom is 0.455 e. The number of pyridine rings is 1. The van der Waals surface area contributed by atoms with E-state index in [-0.39, 0.29) is 11.5 Å². The largest absolute Gasteiger partial charge is 0.455 e. The average molecular weight is 286 g/mol. The van der Waals surface area contributed by atoms with Crippen LogP contribution in [0.2, 0.25) is 0 Å². The fourth-order valence-corrected chi connectivity index (χ4v) is 1.37. The molecule has 20 heavy (non-hydrogen) atoms. The fourth-order valence-electron chi connectivity index (χ4n) is 1.37. The minimum Gasteiger partial charge on any atom is -0.340 e. The van der Waals surface area contributed by atoms with Crippen molar-refractivity contribution in [1.29, 1.82) is 0 Å². The van der Waals surface area contributed by atoms with Crippen LogP contribution in [0.25, 0.3) is 0 Å². The van der Waals surface area contributed by atoms with Crippen LogP contribution in [0.1, 0.15) is 35.0 Å². The van der Waals surface area contributed by atoms with Gasteiger partial charge in [-0.3, -0.25) is 9.78 Å². The first-order valence-corrected chi connectivity index (χ1v) is 5.49. The van der Waals surface area contributed by atoms with Crippen molar-refractivity contribution in [1.82, 2.24) is 20.4 Å². The van der Waals surface area contributed by atoms with E-state index in [4.69, 9.17) is 0 Å². The van der Waals surface area contributed by atoms with E-state index < -0.39 is 23.9 Å². The Bertz CT molecular complexity index is 597. The van der Waals surface area contributed by atoms with Crippen LogP contribution in [0.15, 0.2) is 29.0 Å². The van der Waals surface area contributed by atoms with Crippen LogP contribution in [0.4, 0.5) is 13.2 Å². The Morgan fingerprint density at radius 2 is 2.20 bits per heavy atom. The predicted molar refractivity (Wildman–Crippen MR) is 59.4 cm³/mol. The molecule has 2 rings (SSSR count). The second-order valence-electron chi connectivity index (χ2n) is 3.89. The minimum atomic E-state index is -4.69. The lowest BCUT2D eigenvalue weighted by Crippen LogP contribution is -2.27. The van der Waals surface area contributed by atoms with Gasteiger partial charge in [-0.1, -0.05) is 5.16 Å². The topological polar surface area (TPSA) is 80.9 Å². The molecule has 0 aromatic carbocycles. The van der Waals surface area contributed by atoms with Gasteiger partial charge in [-0.25, -0.2) is 0 Å². The van der Waals surface area contributed by atoms with Crippen LogP contribution in [0, 0.1) is 0 Å². The van der Waals surface area contributed by atoms with Crippen molar-refractivity contribution in [2.75, 3.05) is 0 Å². The summed E-state index contributed by atoms with van der Waals surface area (Å²) in [6.45, 7) is 1.43. The molecular formula is C11H9F3N4O2. The molecule has 0 fully saturated rings. The van der Waals surface area contributed by atoms with Gasteiger partial charge in [0.2, 0.25) is 5.89 Å². The second-order valence-corrected chi connectivity index (χ2v) is 3.89. The van der Waals surface area contributed by atoms with Crippen LogP contribution in [-0.4, -0.2) is 21.0 Å². The van der Waals surface area contributed by atoms with Gasteiger partial charge in [0.05, 0.1) is 5.56 Å². The van der Waals surface area contributed by atoms with E-state index >= 15 is 0 Å². The quantitative estimate of drug-likeness (QED) is 0.933. The molecule has 2 aromatic rings. The second kappa shape index (κ2) is 5.27. The van der Waals surface area contributed by atoms with E-state index in [1.807, 2.05) is 0 Å². The molecule has 2 aromatic heterocycles. The first-order valence-electron chi connectivity index (χ1n) is 5.49. The molecule has 0 aliphatic heterocycles. The zero-order valence-electron chi connectivity index (χ0n) is 10.2. The molecule has 9 heteroatoms. The highest BCUT2D eigenvalue weighted by molar-refractivity contribution is 5.93. The molecule has 0 aliphatic rings. The van der Waals surface area contributed by atoms with Crippen molar-refractivity contribution >= 4 is 5.91 Å². The van der Waals surface area contributed by atoms with E-state index in [1.165, 1.54) is 25.4 Å². The Morgan fingerprint density at radius 1 is 1.45 bits per heavy atom. The summed E-state index contributed by atoms with van der Waals surface area (Å²) in [5, 5.41) is 5.25. The monoisotopic (exact) mass is 286 g/mol. The van der Waals surface area contributed by atoms with Crippen LogP contribution < -0.4 is 5.32 Å². The standard InChI is InChI=1S/C11H9F3N4O2/c1-6(9-17-10(18-20-9)11(12,13)14)16-8(19)7-3-2-4-15-5-7/h2-6H,1H3,(H,16,19)/t6-/m0/s1. The number of rotatable bonds is 3. The predicted octanol–water partition coefficient (Wildman–Crippen LogP) is 1.97. The number of alkyl halides is 3. The Morgan fingerprint density at radius 3 is 2.75 bits per heavy atom. The molecule has 1 atom stereocenters. The first kappa shape index (κ1) is 14.0. The number of nitrogens with zero attached hydrogens (tertiary/aromatic N) is 3. The molecule has 0 saturated heterocycles. The third kappa shape index (κ3) is 3.11. The molecule has 1 N–H and O–H groups in total. The lowest BCUT2D eigenvalue weighted by Gasteiger charge is -2.09.